The third-order valence-corrected chi connectivity index (χ3v) is 3.89. The van der Waals surface area contributed by atoms with E-state index in [2.05, 4.69) is 18.7 Å². The lowest BCUT2D eigenvalue weighted by Gasteiger charge is -2.38. The monoisotopic (exact) mass is 268 g/mol. The molecule has 19 heavy (non-hydrogen) atoms. The number of amides is 2. The van der Waals surface area contributed by atoms with E-state index in [1.165, 1.54) is 0 Å². The molecule has 0 saturated carbocycles. The lowest BCUT2D eigenvalue weighted by Crippen LogP contribution is -2.47. The number of rotatable bonds is 3. The smallest absolute Gasteiger partial charge is 0.329 e. The van der Waals surface area contributed by atoms with Crippen LogP contribution in [0.2, 0.25) is 0 Å². The van der Waals surface area contributed by atoms with Gasteiger partial charge in [0.25, 0.3) is 11.8 Å². The van der Waals surface area contributed by atoms with Gasteiger partial charge >= 0.3 is 5.97 Å². The first kappa shape index (κ1) is 14.0. The van der Waals surface area contributed by atoms with E-state index in [4.69, 9.17) is 4.84 Å². The van der Waals surface area contributed by atoms with E-state index in [1.807, 2.05) is 0 Å². The van der Waals surface area contributed by atoms with Gasteiger partial charge in [0.15, 0.2) is 0 Å². The van der Waals surface area contributed by atoms with Crippen molar-refractivity contribution in [3.8, 4) is 0 Å². The third kappa shape index (κ3) is 3.12. The first-order chi connectivity index (χ1) is 8.99. The first-order valence-corrected chi connectivity index (χ1v) is 6.81. The van der Waals surface area contributed by atoms with Crippen LogP contribution in [0.3, 0.4) is 0 Å². The quantitative estimate of drug-likeness (QED) is 0.710. The Labute approximate surface area is 112 Å². The van der Waals surface area contributed by atoms with Gasteiger partial charge in [0, 0.05) is 24.9 Å². The largest absolute Gasteiger partial charge is 0.347 e. The Hall–Kier alpha value is -1.43. The number of hydrogen-bond acceptors (Lipinski definition) is 5. The Balaban J connectivity index is 1.90. The predicted octanol–water partition coefficient (Wildman–Crippen LogP) is 0.856. The zero-order chi connectivity index (χ0) is 14.0. The van der Waals surface area contributed by atoms with Gasteiger partial charge in [-0.15, -0.1) is 5.06 Å². The first-order valence-electron chi connectivity index (χ1n) is 6.81. The highest BCUT2D eigenvalue weighted by Crippen LogP contribution is 2.22. The second-order valence-corrected chi connectivity index (χ2v) is 5.35. The molecule has 0 spiro atoms. The molecule has 2 amide bonds. The van der Waals surface area contributed by atoms with E-state index in [0.29, 0.717) is 17.1 Å². The van der Waals surface area contributed by atoms with Gasteiger partial charge in [-0.05, 0) is 26.7 Å². The molecule has 0 N–H and O–H groups in total. The highest BCUT2D eigenvalue weighted by molar-refractivity contribution is 6.01. The lowest BCUT2D eigenvalue weighted by molar-refractivity contribution is -0.199. The molecule has 2 fully saturated rings. The number of hydroxylamine groups is 2. The molecular formula is C13H20N2O4. The maximum Gasteiger partial charge on any atom is 0.347 e. The van der Waals surface area contributed by atoms with Crippen molar-refractivity contribution in [1.29, 1.82) is 0 Å². The maximum atomic E-state index is 11.8. The standard InChI is InChI=1S/C13H20N2O4/c1-9-4-3-5-10(2)14(9)8-13(18)19-15-11(16)6-7-12(15)17/h9-10H,3-8H2,1-2H3. The molecule has 0 aromatic heterocycles. The summed E-state index contributed by atoms with van der Waals surface area (Å²) in [7, 11) is 0. The second kappa shape index (κ2) is 5.69. The van der Waals surface area contributed by atoms with Crippen molar-refractivity contribution in [1.82, 2.24) is 9.96 Å². The van der Waals surface area contributed by atoms with E-state index >= 15 is 0 Å². The van der Waals surface area contributed by atoms with Crippen LogP contribution in [0.5, 0.6) is 0 Å². The molecule has 0 bridgehead atoms. The Bertz CT molecular complexity index is 370. The summed E-state index contributed by atoms with van der Waals surface area (Å²) in [6.45, 7) is 4.28. The number of imide groups is 1. The topological polar surface area (TPSA) is 66.9 Å². The molecular weight excluding hydrogens is 248 g/mol. The Morgan fingerprint density at radius 3 is 2.21 bits per heavy atom. The van der Waals surface area contributed by atoms with Crippen molar-refractivity contribution in [2.45, 2.75) is 58.0 Å². The molecule has 2 rings (SSSR count). The van der Waals surface area contributed by atoms with Gasteiger partial charge in [-0.2, -0.15) is 0 Å². The van der Waals surface area contributed by atoms with Crippen molar-refractivity contribution in [2.24, 2.45) is 0 Å². The normalized spacial score (nSPS) is 28.8. The van der Waals surface area contributed by atoms with E-state index in [9.17, 15) is 14.4 Å². The Morgan fingerprint density at radius 2 is 1.68 bits per heavy atom. The molecule has 0 aromatic carbocycles. The van der Waals surface area contributed by atoms with Crippen LogP contribution in [0.15, 0.2) is 0 Å². The maximum absolute atomic E-state index is 11.8. The molecule has 106 valence electrons. The lowest BCUT2D eigenvalue weighted by atomic mass is 9.98. The van der Waals surface area contributed by atoms with E-state index in [-0.39, 0.29) is 19.4 Å². The van der Waals surface area contributed by atoms with Gasteiger partial charge in [0.2, 0.25) is 0 Å². The SMILES string of the molecule is CC1CCCC(C)N1CC(=O)ON1C(=O)CCC1=O. The minimum atomic E-state index is -0.538. The average molecular weight is 268 g/mol. The predicted molar refractivity (Wildman–Crippen MR) is 66.7 cm³/mol. The zero-order valence-corrected chi connectivity index (χ0v) is 11.4. The van der Waals surface area contributed by atoms with Gasteiger partial charge in [0.1, 0.15) is 0 Å². The van der Waals surface area contributed by atoms with Gasteiger partial charge in [-0.25, -0.2) is 4.79 Å². The van der Waals surface area contributed by atoms with Crippen molar-refractivity contribution >= 4 is 17.8 Å². The van der Waals surface area contributed by atoms with Crippen molar-refractivity contribution < 1.29 is 19.2 Å². The van der Waals surface area contributed by atoms with Crippen LogP contribution < -0.4 is 0 Å². The second-order valence-electron chi connectivity index (χ2n) is 5.35. The molecule has 2 atom stereocenters. The summed E-state index contributed by atoms with van der Waals surface area (Å²) >= 11 is 0. The van der Waals surface area contributed by atoms with Crippen LogP contribution in [0.4, 0.5) is 0 Å². The summed E-state index contributed by atoms with van der Waals surface area (Å²) in [6, 6.07) is 0.641. The molecule has 0 aromatic rings. The fourth-order valence-electron chi connectivity index (χ4n) is 2.72. The minimum absolute atomic E-state index is 0.124. The average Bonchev–Trinajstić information content (AvgIpc) is 2.66. The highest BCUT2D eigenvalue weighted by Gasteiger charge is 2.34. The summed E-state index contributed by atoms with van der Waals surface area (Å²) in [5.41, 5.74) is 0. The van der Waals surface area contributed by atoms with Crippen molar-refractivity contribution in [3.05, 3.63) is 0 Å². The van der Waals surface area contributed by atoms with Crippen LogP contribution in [-0.2, 0) is 19.2 Å². The molecule has 2 aliphatic rings. The number of likely N-dealkylation sites (tertiary alicyclic amines) is 1. The van der Waals surface area contributed by atoms with Gasteiger partial charge in [-0.1, -0.05) is 6.42 Å². The minimum Gasteiger partial charge on any atom is -0.329 e. The fraction of sp³-hybridized carbons (Fsp3) is 0.769. The Morgan fingerprint density at radius 1 is 1.16 bits per heavy atom. The van der Waals surface area contributed by atoms with E-state index < -0.39 is 17.8 Å². The van der Waals surface area contributed by atoms with Gasteiger partial charge in [0.05, 0.1) is 6.54 Å². The van der Waals surface area contributed by atoms with Crippen LogP contribution in [0, 0.1) is 0 Å². The summed E-state index contributed by atoms with van der Waals surface area (Å²) < 4.78 is 0. The summed E-state index contributed by atoms with van der Waals surface area (Å²) in [6.07, 6.45) is 3.53. The molecule has 2 unspecified atom stereocenters. The van der Waals surface area contributed by atoms with E-state index in [0.717, 1.165) is 19.3 Å². The number of carbonyl (C=O) groups excluding carboxylic acids is 3. The fourth-order valence-corrected chi connectivity index (χ4v) is 2.72. The van der Waals surface area contributed by atoms with Crippen molar-refractivity contribution in [2.75, 3.05) is 6.54 Å². The van der Waals surface area contributed by atoms with E-state index in [1.54, 1.807) is 0 Å². The highest BCUT2D eigenvalue weighted by atomic mass is 16.7. The van der Waals surface area contributed by atoms with Crippen LogP contribution >= 0.6 is 0 Å². The Kier molecular flexibility index (Phi) is 4.19. The van der Waals surface area contributed by atoms with Gasteiger partial charge < -0.3 is 4.84 Å². The molecule has 6 nitrogen and oxygen atoms in total. The number of nitrogens with zero attached hydrogens (tertiary/aromatic N) is 2. The van der Waals surface area contributed by atoms with Crippen LogP contribution in [-0.4, -0.2) is 46.4 Å². The number of hydrogen-bond donors (Lipinski definition) is 0. The molecule has 0 radical (unpaired) electrons. The molecule has 0 aliphatic carbocycles. The van der Waals surface area contributed by atoms with Crippen LogP contribution in [0.25, 0.3) is 0 Å². The third-order valence-electron chi connectivity index (χ3n) is 3.89. The number of piperidine rings is 1. The zero-order valence-electron chi connectivity index (χ0n) is 11.4. The summed E-state index contributed by atoms with van der Waals surface area (Å²) in [5, 5.41) is 0.613. The summed E-state index contributed by atoms with van der Waals surface area (Å²) in [4.78, 5) is 41.5. The van der Waals surface area contributed by atoms with Crippen molar-refractivity contribution in [3.63, 3.8) is 0 Å². The molecule has 2 heterocycles. The van der Waals surface area contributed by atoms with Crippen LogP contribution in [0.1, 0.15) is 46.0 Å². The van der Waals surface area contributed by atoms with Gasteiger partial charge in [-0.3, -0.25) is 14.5 Å². The molecule has 2 saturated heterocycles. The number of carbonyl (C=O) groups is 3. The molecule has 2 aliphatic heterocycles. The molecule has 6 heteroatoms. The summed E-state index contributed by atoms with van der Waals surface area (Å²) in [5.74, 6) is -1.40.